The van der Waals surface area contributed by atoms with Crippen LogP contribution in [0.4, 0.5) is 0 Å². The summed E-state index contributed by atoms with van der Waals surface area (Å²) >= 11 is 0. The van der Waals surface area contributed by atoms with E-state index >= 15 is 0 Å². The molecule has 1 aromatic carbocycles. The monoisotopic (exact) mass is 859 g/mol. The Bertz CT molecular complexity index is 964. The number of quaternary nitrogens is 1. The fourth-order valence-electron chi connectivity index (χ4n) is 9.59. The van der Waals surface area contributed by atoms with Crippen LogP contribution in [-0.2, 0) is 6.54 Å². The zero-order valence-corrected chi connectivity index (χ0v) is 42.8. The van der Waals surface area contributed by atoms with E-state index in [1.54, 1.807) is 5.56 Å². The van der Waals surface area contributed by atoms with Crippen LogP contribution in [-0.4, -0.2) is 24.1 Å². The van der Waals surface area contributed by atoms with Gasteiger partial charge in [0.25, 0.3) is 0 Å². The van der Waals surface area contributed by atoms with Crippen LogP contribution in [0.25, 0.3) is 0 Å². The third kappa shape index (κ3) is 41.1. The van der Waals surface area contributed by atoms with E-state index in [9.17, 15) is 0 Å². The fraction of sp³-hybridized carbons (Fsp3) is 0.803. The lowest BCUT2D eigenvalue weighted by Crippen LogP contribution is -2.49. The van der Waals surface area contributed by atoms with Crippen LogP contribution in [0.3, 0.4) is 0 Å². The SMILES string of the molecule is CCCC/C=C/CCCCCCCCCCCC[N+](CCCCCCCCCCCC/C=C/CCCC)(CCCCCCCCCCCC/C=C/CCCC)Cc1ccccc1. The number of hydrogen-bond acceptors (Lipinski definition) is 0. The molecule has 1 nitrogen and oxygen atoms in total. The lowest BCUT2D eigenvalue weighted by molar-refractivity contribution is -0.941. The molecule has 62 heavy (non-hydrogen) atoms. The van der Waals surface area contributed by atoms with Crippen molar-refractivity contribution in [1.29, 1.82) is 0 Å². The van der Waals surface area contributed by atoms with Crippen molar-refractivity contribution >= 4 is 0 Å². The molecule has 0 saturated heterocycles. The molecule has 1 aromatic rings. The number of benzene rings is 1. The van der Waals surface area contributed by atoms with Gasteiger partial charge in [-0.2, -0.15) is 0 Å². The van der Waals surface area contributed by atoms with Gasteiger partial charge in [-0.25, -0.2) is 0 Å². The van der Waals surface area contributed by atoms with E-state index in [2.05, 4.69) is 87.6 Å². The van der Waals surface area contributed by atoms with Gasteiger partial charge in [0.15, 0.2) is 0 Å². The molecule has 1 rings (SSSR count). The van der Waals surface area contributed by atoms with Gasteiger partial charge in [-0.15, -0.1) is 0 Å². The van der Waals surface area contributed by atoms with Gasteiger partial charge in [-0.3, -0.25) is 0 Å². The van der Waals surface area contributed by atoms with Crippen molar-refractivity contribution in [3.8, 4) is 0 Å². The summed E-state index contributed by atoms with van der Waals surface area (Å²) in [5, 5.41) is 0. The van der Waals surface area contributed by atoms with Gasteiger partial charge in [0.2, 0.25) is 0 Å². The molecule has 0 spiro atoms. The minimum absolute atomic E-state index is 1.25. The third-order valence-corrected chi connectivity index (χ3v) is 13.8. The zero-order chi connectivity index (χ0) is 44.4. The molecule has 0 N–H and O–H groups in total. The molecular weight excluding hydrogens is 747 g/mol. The highest BCUT2D eigenvalue weighted by Gasteiger charge is 2.26. The Labute approximate surface area is 391 Å². The Kier molecular flexibility index (Phi) is 46.0. The second-order valence-electron chi connectivity index (χ2n) is 20.0. The van der Waals surface area contributed by atoms with E-state index in [4.69, 9.17) is 0 Å². The summed E-state index contributed by atoms with van der Waals surface area (Å²) in [4.78, 5) is 0. The molecule has 0 amide bonds. The first-order valence-electron chi connectivity index (χ1n) is 28.6. The van der Waals surface area contributed by atoms with E-state index in [1.165, 1.54) is 300 Å². The van der Waals surface area contributed by atoms with Gasteiger partial charge in [0, 0.05) is 5.56 Å². The van der Waals surface area contributed by atoms with Gasteiger partial charge >= 0.3 is 0 Å². The average molecular weight is 860 g/mol. The van der Waals surface area contributed by atoms with E-state index in [0.29, 0.717) is 0 Å². The summed E-state index contributed by atoms with van der Waals surface area (Å²) < 4.78 is 1.35. The van der Waals surface area contributed by atoms with Crippen LogP contribution in [0.15, 0.2) is 66.8 Å². The molecule has 0 aliphatic carbocycles. The average Bonchev–Trinajstić information content (AvgIpc) is 3.29. The van der Waals surface area contributed by atoms with Crippen molar-refractivity contribution in [3.05, 3.63) is 72.4 Å². The normalized spacial score (nSPS) is 12.3. The summed E-state index contributed by atoms with van der Waals surface area (Å²) in [6, 6.07) is 11.6. The fourth-order valence-corrected chi connectivity index (χ4v) is 9.59. The van der Waals surface area contributed by atoms with Crippen LogP contribution in [0.2, 0.25) is 0 Å². The Balaban J connectivity index is 2.48. The smallest absolute Gasteiger partial charge is 0.104 e. The van der Waals surface area contributed by atoms with Gasteiger partial charge in [-0.05, 0) is 96.3 Å². The van der Waals surface area contributed by atoms with Crippen LogP contribution >= 0.6 is 0 Å². The van der Waals surface area contributed by atoms with Gasteiger partial charge in [0.1, 0.15) is 6.54 Å². The molecule has 0 saturated carbocycles. The second kappa shape index (κ2) is 48.8. The zero-order valence-electron chi connectivity index (χ0n) is 42.8. The maximum atomic E-state index is 2.43. The van der Waals surface area contributed by atoms with E-state index < -0.39 is 0 Å². The number of nitrogens with zero attached hydrogens (tertiary/aromatic N) is 1. The maximum absolute atomic E-state index is 2.43. The highest BCUT2D eigenvalue weighted by Crippen LogP contribution is 2.23. The molecule has 360 valence electrons. The predicted octanol–water partition coefficient (Wildman–Crippen LogP) is 21.1. The van der Waals surface area contributed by atoms with E-state index in [0.717, 1.165) is 0 Å². The molecule has 0 aliphatic rings. The largest absolute Gasteiger partial charge is 0.320 e. The molecule has 0 unspecified atom stereocenters. The van der Waals surface area contributed by atoms with Gasteiger partial charge in [-0.1, -0.05) is 261 Å². The number of allylic oxidation sites excluding steroid dienone is 6. The molecule has 0 heterocycles. The summed E-state index contributed by atoms with van der Waals surface area (Å²) in [5.41, 5.74) is 1.57. The highest BCUT2D eigenvalue weighted by molar-refractivity contribution is 5.13. The van der Waals surface area contributed by atoms with Crippen LogP contribution in [0.5, 0.6) is 0 Å². The third-order valence-electron chi connectivity index (χ3n) is 13.8. The van der Waals surface area contributed by atoms with Crippen LogP contribution in [0.1, 0.15) is 296 Å². The van der Waals surface area contributed by atoms with Crippen molar-refractivity contribution in [2.75, 3.05) is 19.6 Å². The summed E-state index contributed by atoms with van der Waals surface area (Å²) in [6.07, 6.45) is 73.3. The molecule has 0 aliphatic heterocycles. The van der Waals surface area contributed by atoms with Crippen LogP contribution < -0.4 is 0 Å². The van der Waals surface area contributed by atoms with Crippen molar-refractivity contribution in [2.24, 2.45) is 0 Å². The van der Waals surface area contributed by atoms with E-state index in [-0.39, 0.29) is 0 Å². The van der Waals surface area contributed by atoms with Crippen molar-refractivity contribution in [1.82, 2.24) is 0 Å². The lowest BCUT2D eigenvalue weighted by Gasteiger charge is -2.39. The Morgan fingerprint density at radius 2 is 0.500 bits per heavy atom. The quantitative estimate of drug-likeness (QED) is 0.0348. The van der Waals surface area contributed by atoms with Crippen molar-refractivity contribution in [3.63, 3.8) is 0 Å². The van der Waals surface area contributed by atoms with Crippen LogP contribution in [0, 0.1) is 0 Å². The van der Waals surface area contributed by atoms with E-state index in [1.807, 2.05) is 0 Å². The van der Waals surface area contributed by atoms with Crippen molar-refractivity contribution in [2.45, 2.75) is 297 Å². The molecule has 0 fully saturated rings. The summed E-state index contributed by atoms with van der Waals surface area (Å²) in [6.45, 7) is 12.3. The molecule has 1 heteroatoms. The Hall–Kier alpha value is -1.60. The first-order valence-corrected chi connectivity index (χ1v) is 28.6. The first-order chi connectivity index (χ1) is 30.8. The standard InChI is InChI=1S/C61H112N/c1-4-7-10-13-16-19-22-25-28-31-34-37-40-43-46-52-57-62(60-61-55-50-49-51-56-61,58-53-47-44-41-38-35-32-29-26-23-20-17-14-11-8-5-2)59-54-48-45-42-39-36-33-30-27-24-21-18-15-12-9-6-3/h13-18,49-51,55-56H,4-12,19-48,52-54,57-60H2,1-3H3/q+1/b16-13+,17-14+,18-15+. The lowest BCUT2D eigenvalue weighted by atomic mass is 10.0. The summed E-state index contributed by atoms with van der Waals surface area (Å²) in [5.74, 6) is 0. The summed E-state index contributed by atoms with van der Waals surface area (Å²) in [7, 11) is 0. The molecule has 0 aromatic heterocycles. The number of rotatable bonds is 50. The minimum atomic E-state index is 1.25. The van der Waals surface area contributed by atoms with Gasteiger partial charge < -0.3 is 4.48 Å². The predicted molar refractivity (Wildman–Crippen MR) is 283 cm³/mol. The first kappa shape index (κ1) is 58.4. The second-order valence-corrected chi connectivity index (χ2v) is 20.0. The van der Waals surface area contributed by atoms with Gasteiger partial charge in [0.05, 0.1) is 19.6 Å². The molecular formula is C61H112N+. The highest BCUT2D eigenvalue weighted by atomic mass is 15.3. The molecule has 0 bridgehead atoms. The minimum Gasteiger partial charge on any atom is -0.320 e. The van der Waals surface area contributed by atoms with Crippen molar-refractivity contribution < 1.29 is 4.48 Å². The molecule has 0 atom stereocenters. The number of unbranched alkanes of at least 4 members (excludes halogenated alkanes) is 36. The Morgan fingerprint density at radius 3 is 0.758 bits per heavy atom. The maximum Gasteiger partial charge on any atom is 0.104 e. The number of hydrogen-bond donors (Lipinski definition) is 0. The topological polar surface area (TPSA) is 0 Å². The molecule has 0 radical (unpaired) electrons. The Morgan fingerprint density at radius 1 is 0.274 bits per heavy atom.